The maximum Gasteiger partial charge on any atom is 0.193 e. The minimum absolute atomic E-state index is 0.0663. The molecule has 0 amide bonds. The first-order valence-corrected chi connectivity index (χ1v) is 6.69. The Morgan fingerprint density at radius 1 is 1.05 bits per heavy atom. The fourth-order valence-corrected chi connectivity index (χ4v) is 2.11. The molecule has 0 aliphatic heterocycles. The SMILES string of the molecule is C=CCN(C)Cc1ccc(C(=O)c2ccccc2)cc1. The summed E-state index contributed by atoms with van der Waals surface area (Å²) in [6.07, 6.45) is 1.88. The van der Waals surface area contributed by atoms with E-state index >= 15 is 0 Å². The van der Waals surface area contributed by atoms with Crippen molar-refractivity contribution < 1.29 is 4.79 Å². The van der Waals surface area contributed by atoms with Crippen LogP contribution in [-0.2, 0) is 6.54 Å². The van der Waals surface area contributed by atoms with Crippen molar-refractivity contribution in [2.75, 3.05) is 13.6 Å². The van der Waals surface area contributed by atoms with Crippen molar-refractivity contribution in [3.05, 3.63) is 83.9 Å². The summed E-state index contributed by atoms with van der Waals surface area (Å²) >= 11 is 0. The lowest BCUT2D eigenvalue weighted by Crippen LogP contribution is -2.17. The number of hydrogen-bond donors (Lipinski definition) is 0. The fourth-order valence-electron chi connectivity index (χ4n) is 2.11. The molecule has 0 saturated heterocycles. The van der Waals surface area contributed by atoms with E-state index in [2.05, 4.69) is 11.5 Å². The maximum absolute atomic E-state index is 12.3. The van der Waals surface area contributed by atoms with Crippen molar-refractivity contribution in [1.29, 1.82) is 0 Å². The first kappa shape index (κ1) is 14.2. The molecule has 2 aromatic rings. The molecule has 0 aliphatic carbocycles. The molecule has 0 fully saturated rings. The van der Waals surface area contributed by atoms with Crippen LogP contribution in [0.4, 0.5) is 0 Å². The summed E-state index contributed by atoms with van der Waals surface area (Å²) in [6.45, 7) is 5.43. The van der Waals surface area contributed by atoms with Crippen LogP contribution in [0.5, 0.6) is 0 Å². The molecule has 2 heteroatoms. The molecule has 20 heavy (non-hydrogen) atoms. The largest absolute Gasteiger partial charge is 0.298 e. The number of rotatable bonds is 6. The number of carbonyl (C=O) groups is 1. The molecule has 2 rings (SSSR count). The maximum atomic E-state index is 12.3. The Kier molecular flexibility index (Phi) is 4.85. The van der Waals surface area contributed by atoms with Crippen LogP contribution in [0, 0.1) is 0 Å². The minimum atomic E-state index is 0.0663. The average molecular weight is 265 g/mol. The Morgan fingerprint density at radius 3 is 2.25 bits per heavy atom. The predicted molar refractivity (Wildman–Crippen MR) is 82.8 cm³/mol. The third kappa shape index (κ3) is 3.65. The highest BCUT2D eigenvalue weighted by molar-refractivity contribution is 6.08. The zero-order valence-corrected chi connectivity index (χ0v) is 11.8. The smallest absolute Gasteiger partial charge is 0.193 e. The lowest BCUT2D eigenvalue weighted by atomic mass is 10.0. The van der Waals surface area contributed by atoms with E-state index in [1.807, 2.05) is 67.7 Å². The quantitative estimate of drug-likeness (QED) is 0.588. The number of nitrogens with zero attached hydrogens (tertiary/aromatic N) is 1. The second-order valence-corrected chi connectivity index (χ2v) is 4.88. The van der Waals surface area contributed by atoms with Crippen molar-refractivity contribution >= 4 is 5.78 Å². The van der Waals surface area contributed by atoms with Crippen molar-refractivity contribution in [3.63, 3.8) is 0 Å². The molecule has 0 unspecified atom stereocenters. The number of carbonyl (C=O) groups excluding carboxylic acids is 1. The summed E-state index contributed by atoms with van der Waals surface area (Å²) in [6, 6.07) is 17.2. The van der Waals surface area contributed by atoms with Crippen LogP contribution in [0.25, 0.3) is 0 Å². The zero-order valence-electron chi connectivity index (χ0n) is 11.8. The molecule has 2 aromatic carbocycles. The van der Waals surface area contributed by atoms with Gasteiger partial charge >= 0.3 is 0 Å². The number of benzene rings is 2. The molecule has 0 N–H and O–H groups in total. The monoisotopic (exact) mass is 265 g/mol. The lowest BCUT2D eigenvalue weighted by Gasteiger charge is -2.14. The van der Waals surface area contributed by atoms with Crippen molar-refractivity contribution in [2.24, 2.45) is 0 Å². The molecule has 0 saturated carbocycles. The van der Waals surface area contributed by atoms with Gasteiger partial charge in [-0.25, -0.2) is 0 Å². The van der Waals surface area contributed by atoms with E-state index in [0.29, 0.717) is 0 Å². The van der Waals surface area contributed by atoms with Crippen molar-refractivity contribution in [3.8, 4) is 0 Å². The van der Waals surface area contributed by atoms with Crippen LogP contribution in [0.2, 0.25) is 0 Å². The van der Waals surface area contributed by atoms with Gasteiger partial charge in [0.25, 0.3) is 0 Å². The van der Waals surface area contributed by atoms with Crippen LogP contribution in [-0.4, -0.2) is 24.3 Å². The standard InChI is InChI=1S/C18H19NO/c1-3-13-19(2)14-15-9-11-17(12-10-15)18(20)16-7-5-4-6-8-16/h3-12H,1,13-14H2,2H3. The van der Waals surface area contributed by atoms with E-state index in [1.54, 1.807) is 0 Å². The number of hydrogen-bond acceptors (Lipinski definition) is 2. The van der Waals surface area contributed by atoms with Gasteiger partial charge in [-0.3, -0.25) is 9.69 Å². The first-order chi connectivity index (χ1) is 9.70. The number of ketones is 1. The van der Waals surface area contributed by atoms with E-state index in [-0.39, 0.29) is 5.78 Å². The molecule has 0 bridgehead atoms. The van der Waals surface area contributed by atoms with Gasteiger partial charge < -0.3 is 0 Å². The lowest BCUT2D eigenvalue weighted by molar-refractivity contribution is 0.103. The van der Waals surface area contributed by atoms with Crippen LogP contribution in [0.15, 0.2) is 67.3 Å². The normalized spacial score (nSPS) is 10.5. The summed E-state index contributed by atoms with van der Waals surface area (Å²) < 4.78 is 0. The molecule has 0 atom stereocenters. The summed E-state index contributed by atoms with van der Waals surface area (Å²) in [4.78, 5) is 14.4. The minimum Gasteiger partial charge on any atom is -0.298 e. The Balaban J connectivity index is 2.08. The van der Waals surface area contributed by atoms with Gasteiger partial charge in [0, 0.05) is 24.2 Å². The molecular formula is C18H19NO. The molecule has 0 aromatic heterocycles. The van der Waals surface area contributed by atoms with Crippen molar-refractivity contribution in [1.82, 2.24) is 4.90 Å². The van der Waals surface area contributed by atoms with E-state index in [0.717, 1.165) is 24.2 Å². The van der Waals surface area contributed by atoms with Gasteiger partial charge in [-0.05, 0) is 12.6 Å². The second kappa shape index (κ2) is 6.83. The third-order valence-corrected chi connectivity index (χ3v) is 3.15. The Hall–Kier alpha value is -2.19. The highest BCUT2D eigenvalue weighted by Crippen LogP contribution is 2.12. The third-order valence-electron chi connectivity index (χ3n) is 3.15. The Bertz CT molecular complexity index is 572. The molecule has 0 aliphatic rings. The van der Waals surface area contributed by atoms with E-state index in [9.17, 15) is 4.79 Å². The summed E-state index contributed by atoms with van der Waals surface area (Å²) in [5.41, 5.74) is 2.65. The number of likely N-dealkylation sites (N-methyl/N-ethyl adjacent to an activating group) is 1. The Labute approximate surface area is 120 Å². The van der Waals surface area contributed by atoms with Gasteiger partial charge in [0.1, 0.15) is 0 Å². The highest BCUT2D eigenvalue weighted by Gasteiger charge is 2.08. The molecule has 102 valence electrons. The molecule has 0 spiro atoms. The van der Waals surface area contributed by atoms with Gasteiger partial charge in [-0.2, -0.15) is 0 Å². The van der Waals surface area contributed by atoms with E-state index in [4.69, 9.17) is 0 Å². The average Bonchev–Trinajstić information content (AvgIpc) is 2.48. The molecule has 0 radical (unpaired) electrons. The fraction of sp³-hybridized carbons (Fsp3) is 0.167. The molecular weight excluding hydrogens is 246 g/mol. The van der Waals surface area contributed by atoms with Gasteiger partial charge in [0.2, 0.25) is 0 Å². The van der Waals surface area contributed by atoms with Gasteiger partial charge in [-0.15, -0.1) is 6.58 Å². The van der Waals surface area contributed by atoms with Crippen LogP contribution in [0.1, 0.15) is 21.5 Å². The van der Waals surface area contributed by atoms with Crippen LogP contribution < -0.4 is 0 Å². The Morgan fingerprint density at radius 2 is 1.65 bits per heavy atom. The van der Waals surface area contributed by atoms with Crippen molar-refractivity contribution in [2.45, 2.75) is 6.54 Å². The van der Waals surface area contributed by atoms with Crippen LogP contribution >= 0.6 is 0 Å². The summed E-state index contributed by atoms with van der Waals surface area (Å²) in [5, 5.41) is 0. The van der Waals surface area contributed by atoms with E-state index < -0.39 is 0 Å². The zero-order chi connectivity index (χ0) is 14.4. The van der Waals surface area contributed by atoms with Crippen LogP contribution in [0.3, 0.4) is 0 Å². The van der Waals surface area contributed by atoms with Gasteiger partial charge in [0.15, 0.2) is 5.78 Å². The predicted octanol–water partition coefficient (Wildman–Crippen LogP) is 3.54. The summed E-state index contributed by atoms with van der Waals surface area (Å²) in [5.74, 6) is 0.0663. The topological polar surface area (TPSA) is 20.3 Å². The van der Waals surface area contributed by atoms with E-state index in [1.165, 1.54) is 5.56 Å². The summed E-state index contributed by atoms with van der Waals surface area (Å²) in [7, 11) is 2.05. The van der Waals surface area contributed by atoms with Gasteiger partial charge in [0.05, 0.1) is 0 Å². The van der Waals surface area contributed by atoms with Gasteiger partial charge in [-0.1, -0.05) is 60.7 Å². The highest BCUT2D eigenvalue weighted by atomic mass is 16.1. The molecule has 2 nitrogen and oxygen atoms in total. The molecule has 0 heterocycles. The second-order valence-electron chi connectivity index (χ2n) is 4.88. The first-order valence-electron chi connectivity index (χ1n) is 6.69.